The van der Waals surface area contributed by atoms with Gasteiger partial charge in [-0.3, -0.25) is 4.68 Å². The molecule has 0 amide bonds. The molecule has 2 nitrogen and oxygen atoms in total. The summed E-state index contributed by atoms with van der Waals surface area (Å²) in [5.41, 5.74) is 4.00. The number of aromatic nitrogens is 2. The van der Waals surface area contributed by atoms with Crippen molar-refractivity contribution in [3.8, 4) is 0 Å². The lowest BCUT2D eigenvalue weighted by molar-refractivity contribution is 0.778. The molecule has 2 heteroatoms. The lowest BCUT2D eigenvalue weighted by Gasteiger charge is -2.00. The third-order valence-electron chi connectivity index (χ3n) is 3.06. The third-order valence-corrected chi connectivity index (χ3v) is 3.06. The van der Waals surface area contributed by atoms with Gasteiger partial charge in [-0.25, -0.2) is 0 Å². The molecular weight excluding hydrogens is 196 g/mol. The summed E-state index contributed by atoms with van der Waals surface area (Å²) in [5.74, 6) is 0.785. The standard InChI is InChI=1S/C12H14N2.C2H6/c1-8-3-6-10(9-4-5-9)12-11(8)7-14(2)13-12;1-2/h3,6-7,9H,4-5H2,1-2H3;1-2H3. The Hall–Kier alpha value is -1.31. The van der Waals surface area contributed by atoms with Gasteiger partial charge in [0.15, 0.2) is 0 Å². The molecule has 16 heavy (non-hydrogen) atoms. The van der Waals surface area contributed by atoms with Crippen molar-refractivity contribution < 1.29 is 0 Å². The maximum Gasteiger partial charge on any atom is 0.0960 e. The van der Waals surface area contributed by atoms with Gasteiger partial charge in [0.25, 0.3) is 0 Å². The lowest BCUT2D eigenvalue weighted by Crippen LogP contribution is -1.87. The zero-order chi connectivity index (χ0) is 11.7. The van der Waals surface area contributed by atoms with Crippen LogP contribution in [0.3, 0.4) is 0 Å². The molecule has 86 valence electrons. The van der Waals surface area contributed by atoms with E-state index in [1.807, 2.05) is 25.6 Å². The van der Waals surface area contributed by atoms with E-state index in [0.717, 1.165) is 5.92 Å². The Morgan fingerprint density at radius 3 is 2.56 bits per heavy atom. The van der Waals surface area contributed by atoms with E-state index in [1.54, 1.807) is 0 Å². The maximum absolute atomic E-state index is 4.55. The molecule has 0 N–H and O–H groups in total. The molecule has 0 unspecified atom stereocenters. The average molecular weight is 216 g/mol. The summed E-state index contributed by atoms with van der Waals surface area (Å²) in [6.07, 6.45) is 4.81. The first-order valence-electron chi connectivity index (χ1n) is 6.18. The highest BCUT2D eigenvalue weighted by atomic mass is 15.2. The topological polar surface area (TPSA) is 17.8 Å². The van der Waals surface area contributed by atoms with E-state index in [9.17, 15) is 0 Å². The Kier molecular flexibility index (Phi) is 2.99. The predicted octanol–water partition coefficient (Wildman–Crippen LogP) is 3.79. The highest BCUT2D eigenvalue weighted by molar-refractivity contribution is 5.85. The second-order valence-electron chi connectivity index (χ2n) is 4.31. The quantitative estimate of drug-likeness (QED) is 0.709. The predicted molar refractivity (Wildman–Crippen MR) is 68.8 cm³/mol. The van der Waals surface area contributed by atoms with Crippen LogP contribution in [0.5, 0.6) is 0 Å². The van der Waals surface area contributed by atoms with Crippen molar-refractivity contribution in [2.45, 2.75) is 39.5 Å². The van der Waals surface area contributed by atoms with Crippen molar-refractivity contribution in [2.75, 3.05) is 0 Å². The van der Waals surface area contributed by atoms with Crippen molar-refractivity contribution >= 4 is 10.9 Å². The van der Waals surface area contributed by atoms with E-state index >= 15 is 0 Å². The number of nitrogens with zero attached hydrogens (tertiary/aromatic N) is 2. The average Bonchev–Trinajstić information content (AvgIpc) is 3.04. The number of aryl methyl sites for hydroxylation is 2. The molecular formula is C14H20N2. The third kappa shape index (κ3) is 1.84. The van der Waals surface area contributed by atoms with Crippen LogP contribution in [0.4, 0.5) is 0 Å². The Labute approximate surface area is 97.3 Å². The minimum atomic E-state index is 0.785. The molecule has 1 aromatic carbocycles. The first kappa shape index (κ1) is 11.2. The van der Waals surface area contributed by atoms with Crippen molar-refractivity contribution in [2.24, 2.45) is 7.05 Å². The minimum Gasteiger partial charge on any atom is -0.275 e. The van der Waals surface area contributed by atoms with E-state index in [-0.39, 0.29) is 0 Å². The van der Waals surface area contributed by atoms with Crippen LogP contribution in [0.1, 0.15) is 43.7 Å². The van der Waals surface area contributed by atoms with Gasteiger partial charge in [0, 0.05) is 18.6 Å². The molecule has 1 fully saturated rings. The van der Waals surface area contributed by atoms with Crippen molar-refractivity contribution in [1.29, 1.82) is 0 Å². The summed E-state index contributed by atoms with van der Waals surface area (Å²) >= 11 is 0. The molecule has 2 aromatic rings. The van der Waals surface area contributed by atoms with Crippen molar-refractivity contribution in [1.82, 2.24) is 9.78 Å². The minimum absolute atomic E-state index is 0.785. The van der Waals surface area contributed by atoms with Crippen molar-refractivity contribution in [3.63, 3.8) is 0 Å². The van der Waals surface area contributed by atoms with E-state index in [2.05, 4.69) is 30.4 Å². The fraction of sp³-hybridized carbons (Fsp3) is 0.500. The number of fused-ring (bicyclic) bond motifs is 1. The SMILES string of the molecule is CC.Cc1ccc(C2CC2)c2nn(C)cc12. The van der Waals surface area contributed by atoms with Crippen LogP contribution in [-0.4, -0.2) is 9.78 Å². The van der Waals surface area contributed by atoms with Gasteiger partial charge in [-0.2, -0.15) is 5.10 Å². The molecule has 0 atom stereocenters. The van der Waals surface area contributed by atoms with Gasteiger partial charge in [0.05, 0.1) is 5.52 Å². The van der Waals surface area contributed by atoms with Crippen LogP contribution in [-0.2, 0) is 7.05 Å². The molecule has 0 aliphatic heterocycles. The van der Waals surface area contributed by atoms with Crippen LogP contribution in [0, 0.1) is 6.92 Å². The summed E-state index contributed by atoms with van der Waals surface area (Å²) in [7, 11) is 2.00. The fourth-order valence-electron chi connectivity index (χ4n) is 2.10. The summed E-state index contributed by atoms with van der Waals surface area (Å²) in [4.78, 5) is 0. The van der Waals surface area contributed by atoms with Gasteiger partial charge in [-0.05, 0) is 36.8 Å². The number of hydrogen-bond donors (Lipinski definition) is 0. The molecule has 1 aliphatic rings. The van der Waals surface area contributed by atoms with Gasteiger partial charge in [0.1, 0.15) is 0 Å². The molecule has 3 rings (SSSR count). The molecule has 1 heterocycles. The van der Waals surface area contributed by atoms with Crippen LogP contribution >= 0.6 is 0 Å². The molecule has 0 saturated heterocycles. The molecule has 1 aliphatic carbocycles. The van der Waals surface area contributed by atoms with Gasteiger partial charge >= 0.3 is 0 Å². The monoisotopic (exact) mass is 216 g/mol. The summed E-state index contributed by atoms with van der Waals surface area (Å²) in [5, 5.41) is 5.87. The van der Waals surface area contributed by atoms with Crippen LogP contribution in [0.15, 0.2) is 18.3 Å². The zero-order valence-corrected chi connectivity index (χ0v) is 10.6. The van der Waals surface area contributed by atoms with Crippen molar-refractivity contribution in [3.05, 3.63) is 29.5 Å². The first-order chi connectivity index (χ1) is 7.75. The summed E-state index contributed by atoms with van der Waals surface area (Å²) < 4.78 is 1.92. The largest absolute Gasteiger partial charge is 0.275 e. The molecule has 0 spiro atoms. The molecule has 1 saturated carbocycles. The van der Waals surface area contributed by atoms with Gasteiger partial charge < -0.3 is 0 Å². The number of hydrogen-bond acceptors (Lipinski definition) is 1. The Bertz CT molecular complexity index is 493. The second kappa shape index (κ2) is 4.28. The first-order valence-corrected chi connectivity index (χ1v) is 6.18. The maximum atomic E-state index is 4.55. The Morgan fingerprint density at radius 2 is 1.94 bits per heavy atom. The fourth-order valence-corrected chi connectivity index (χ4v) is 2.10. The summed E-state index contributed by atoms with van der Waals surface area (Å²) in [6, 6.07) is 4.47. The van der Waals surface area contributed by atoms with Gasteiger partial charge in [-0.1, -0.05) is 26.0 Å². The smallest absolute Gasteiger partial charge is 0.0960 e. The Morgan fingerprint density at radius 1 is 1.25 bits per heavy atom. The highest BCUT2D eigenvalue weighted by Gasteiger charge is 2.26. The van der Waals surface area contributed by atoms with Gasteiger partial charge in [0.2, 0.25) is 0 Å². The van der Waals surface area contributed by atoms with E-state index in [4.69, 9.17) is 0 Å². The van der Waals surface area contributed by atoms with E-state index < -0.39 is 0 Å². The molecule has 1 aromatic heterocycles. The zero-order valence-electron chi connectivity index (χ0n) is 10.6. The molecule has 0 radical (unpaired) electrons. The van der Waals surface area contributed by atoms with Gasteiger partial charge in [-0.15, -0.1) is 0 Å². The van der Waals surface area contributed by atoms with E-state index in [1.165, 1.54) is 34.9 Å². The second-order valence-corrected chi connectivity index (χ2v) is 4.31. The summed E-state index contributed by atoms with van der Waals surface area (Å²) in [6.45, 7) is 6.15. The Balaban J connectivity index is 0.000000457. The van der Waals surface area contributed by atoms with Crippen LogP contribution in [0.2, 0.25) is 0 Å². The number of benzene rings is 1. The highest BCUT2D eigenvalue weighted by Crippen LogP contribution is 2.43. The van der Waals surface area contributed by atoms with Crippen LogP contribution in [0.25, 0.3) is 10.9 Å². The number of rotatable bonds is 1. The van der Waals surface area contributed by atoms with E-state index in [0.29, 0.717) is 0 Å². The normalized spacial score (nSPS) is 14.8. The van der Waals surface area contributed by atoms with Crippen LogP contribution < -0.4 is 0 Å². The molecule has 0 bridgehead atoms. The lowest BCUT2D eigenvalue weighted by atomic mass is 10.0.